The van der Waals surface area contributed by atoms with Gasteiger partial charge in [-0.05, 0) is 48.2 Å². The molecule has 2 heterocycles. The first kappa shape index (κ1) is 17.2. The van der Waals surface area contributed by atoms with Gasteiger partial charge in [-0.1, -0.05) is 36.2 Å². The summed E-state index contributed by atoms with van der Waals surface area (Å²) >= 11 is 8.34. The number of thioether (sulfide) groups is 1. The molecule has 1 aliphatic heterocycles. The van der Waals surface area contributed by atoms with Crippen LogP contribution in [0.3, 0.4) is 0 Å². The number of benzene rings is 2. The molecule has 1 aromatic heterocycles. The van der Waals surface area contributed by atoms with Crippen LogP contribution in [0.15, 0.2) is 53.6 Å². The van der Waals surface area contributed by atoms with E-state index in [-0.39, 0.29) is 5.91 Å². The van der Waals surface area contributed by atoms with Crippen LogP contribution in [-0.4, -0.2) is 20.6 Å². The second-order valence-corrected chi connectivity index (χ2v) is 9.25. The van der Waals surface area contributed by atoms with Crippen LogP contribution in [0.5, 0.6) is 0 Å². The van der Waals surface area contributed by atoms with Crippen LogP contribution >= 0.6 is 23.4 Å². The molecule has 0 unspecified atom stereocenters. The van der Waals surface area contributed by atoms with Crippen LogP contribution in [-0.2, 0) is 24.4 Å². The van der Waals surface area contributed by atoms with Crippen LogP contribution < -0.4 is 0 Å². The lowest BCUT2D eigenvalue weighted by atomic mass is 10.00. The maximum Gasteiger partial charge on any atom is 0.243 e. The monoisotopic (exact) mass is 396 g/mol. The predicted molar refractivity (Wildman–Crippen MR) is 111 cm³/mol. The second kappa shape index (κ2) is 6.92. The summed E-state index contributed by atoms with van der Waals surface area (Å²) in [5.74, 6) is 0.136. The van der Waals surface area contributed by atoms with E-state index in [4.69, 9.17) is 11.6 Å². The molecule has 138 valence electrons. The molecule has 3 nitrogen and oxygen atoms in total. The molecule has 1 amide bonds. The van der Waals surface area contributed by atoms with Crippen molar-refractivity contribution in [3.63, 3.8) is 0 Å². The maximum atomic E-state index is 12.9. The third kappa shape index (κ3) is 3.26. The molecule has 0 radical (unpaired) electrons. The highest BCUT2D eigenvalue weighted by molar-refractivity contribution is 8.00. The SMILES string of the molecule is O=C(Cn1ccc2cccc(Cl)c21)N1Cc2ccc(SC3CCC3)cc2C1. The van der Waals surface area contributed by atoms with Gasteiger partial charge in [0, 0.05) is 34.8 Å². The van der Waals surface area contributed by atoms with Crippen molar-refractivity contribution in [3.05, 3.63) is 64.8 Å². The topological polar surface area (TPSA) is 25.2 Å². The number of fused-ring (bicyclic) bond motifs is 2. The first-order valence-corrected chi connectivity index (χ1v) is 10.7. The predicted octanol–water partition coefficient (Wildman–Crippen LogP) is 5.48. The van der Waals surface area contributed by atoms with Gasteiger partial charge < -0.3 is 9.47 Å². The number of rotatable bonds is 4. The van der Waals surface area contributed by atoms with E-state index >= 15 is 0 Å². The summed E-state index contributed by atoms with van der Waals surface area (Å²) in [6.45, 7) is 1.74. The summed E-state index contributed by atoms with van der Waals surface area (Å²) in [5, 5.41) is 2.54. The number of halogens is 1. The molecule has 1 aliphatic carbocycles. The highest BCUT2D eigenvalue weighted by Crippen LogP contribution is 2.38. The maximum absolute atomic E-state index is 12.9. The standard InChI is InChI=1S/C22H21ClN2OS/c23-20-6-1-3-15-9-10-24(22(15)20)14-21(26)25-12-16-7-8-19(11-17(16)13-25)27-18-4-2-5-18/h1,3,6-11,18H,2,4-5,12-14H2. The van der Waals surface area contributed by atoms with Crippen molar-refractivity contribution >= 4 is 40.2 Å². The van der Waals surface area contributed by atoms with Gasteiger partial charge in [-0.25, -0.2) is 0 Å². The van der Waals surface area contributed by atoms with E-state index in [9.17, 15) is 4.79 Å². The van der Waals surface area contributed by atoms with Crippen molar-refractivity contribution in [2.75, 3.05) is 0 Å². The molecule has 5 rings (SSSR count). The number of amides is 1. The van der Waals surface area contributed by atoms with Crippen molar-refractivity contribution in [2.45, 2.75) is 49.0 Å². The Morgan fingerprint density at radius 1 is 1.11 bits per heavy atom. The van der Waals surface area contributed by atoms with Crippen LogP contribution in [0, 0.1) is 0 Å². The van der Waals surface area contributed by atoms with Crippen LogP contribution in [0.1, 0.15) is 30.4 Å². The van der Waals surface area contributed by atoms with Crippen molar-refractivity contribution in [2.24, 2.45) is 0 Å². The zero-order chi connectivity index (χ0) is 18.4. The summed E-state index contributed by atoms with van der Waals surface area (Å²) < 4.78 is 1.96. The van der Waals surface area contributed by atoms with Crippen LogP contribution in [0.25, 0.3) is 10.9 Å². The average molecular weight is 397 g/mol. The molecule has 3 aromatic rings. The molecule has 0 saturated heterocycles. The molecule has 0 N–H and O–H groups in total. The van der Waals surface area contributed by atoms with Crippen LogP contribution in [0.4, 0.5) is 0 Å². The largest absolute Gasteiger partial charge is 0.337 e. The third-order valence-electron chi connectivity index (χ3n) is 5.65. The number of aromatic nitrogens is 1. The van der Waals surface area contributed by atoms with E-state index < -0.39 is 0 Å². The van der Waals surface area contributed by atoms with Gasteiger partial charge in [0.05, 0.1) is 10.5 Å². The Morgan fingerprint density at radius 2 is 1.96 bits per heavy atom. The number of nitrogens with zero attached hydrogens (tertiary/aromatic N) is 2. The van der Waals surface area contributed by atoms with Crippen molar-refractivity contribution in [1.82, 2.24) is 9.47 Å². The smallest absolute Gasteiger partial charge is 0.243 e. The molecular formula is C22H21ClN2OS. The van der Waals surface area contributed by atoms with Gasteiger partial charge in [-0.15, -0.1) is 11.8 Å². The summed E-state index contributed by atoms with van der Waals surface area (Å²) in [6, 6.07) is 14.5. The summed E-state index contributed by atoms with van der Waals surface area (Å²) in [5.41, 5.74) is 3.50. The molecule has 0 atom stereocenters. The highest BCUT2D eigenvalue weighted by Gasteiger charge is 2.25. The fourth-order valence-electron chi connectivity index (χ4n) is 3.89. The van der Waals surface area contributed by atoms with Crippen molar-refractivity contribution < 1.29 is 4.79 Å². The van der Waals surface area contributed by atoms with Crippen LogP contribution in [0.2, 0.25) is 5.02 Å². The minimum atomic E-state index is 0.136. The molecule has 27 heavy (non-hydrogen) atoms. The van der Waals surface area contributed by atoms with Gasteiger partial charge in [0.1, 0.15) is 6.54 Å². The van der Waals surface area contributed by atoms with E-state index in [0.29, 0.717) is 24.7 Å². The lowest BCUT2D eigenvalue weighted by Crippen LogP contribution is -2.28. The van der Waals surface area contributed by atoms with E-state index in [1.54, 1.807) is 0 Å². The molecular weight excluding hydrogens is 376 g/mol. The quantitative estimate of drug-likeness (QED) is 0.583. The number of hydrogen-bond acceptors (Lipinski definition) is 2. The Hall–Kier alpha value is -1.91. The Balaban J connectivity index is 1.30. The molecule has 2 aliphatic rings. The summed E-state index contributed by atoms with van der Waals surface area (Å²) in [7, 11) is 0. The molecule has 0 bridgehead atoms. The molecule has 0 spiro atoms. The fourth-order valence-corrected chi connectivity index (χ4v) is 5.49. The Bertz CT molecular complexity index is 1020. The van der Waals surface area contributed by atoms with Gasteiger partial charge in [0.2, 0.25) is 5.91 Å². The van der Waals surface area contributed by atoms with E-state index in [2.05, 4.69) is 18.2 Å². The van der Waals surface area contributed by atoms with Gasteiger partial charge in [-0.2, -0.15) is 0 Å². The van der Waals surface area contributed by atoms with Gasteiger partial charge in [0.25, 0.3) is 0 Å². The minimum Gasteiger partial charge on any atom is -0.337 e. The lowest BCUT2D eigenvalue weighted by molar-refractivity contribution is -0.132. The molecule has 1 saturated carbocycles. The number of carbonyl (C=O) groups is 1. The van der Waals surface area contributed by atoms with Crippen molar-refractivity contribution in [1.29, 1.82) is 0 Å². The van der Waals surface area contributed by atoms with E-state index in [1.807, 2.05) is 51.7 Å². The highest BCUT2D eigenvalue weighted by atomic mass is 35.5. The third-order valence-corrected chi connectivity index (χ3v) is 7.29. The van der Waals surface area contributed by atoms with Gasteiger partial charge in [0.15, 0.2) is 0 Å². The minimum absolute atomic E-state index is 0.136. The summed E-state index contributed by atoms with van der Waals surface area (Å²) in [6.07, 6.45) is 5.98. The fraction of sp³-hybridized carbons (Fsp3) is 0.318. The number of carbonyl (C=O) groups excluding carboxylic acids is 1. The normalized spacial score (nSPS) is 16.6. The number of para-hydroxylation sites is 1. The zero-order valence-corrected chi connectivity index (χ0v) is 16.6. The second-order valence-electron chi connectivity index (χ2n) is 7.47. The molecule has 2 aromatic carbocycles. The summed E-state index contributed by atoms with van der Waals surface area (Å²) in [4.78, 5) is 16.2. The Morgan fingerprint density at radius 3 is 2.78 bits per heavy atom. The van der Waals surface area contributed by atoms with Crippen molar-refractivity contribution in [3.8, 4) is 0 Å². The Kier molecular flexibility index (Phi) is 4.41. The van der Waals surface area contributed by atoms with Gasteiger partial charge >= 0.3 is 0 Å². The van der Waals surface area contributed by atoms with E-state index in [0.717, 1.165) is 16.2 Å². The first-order valence-electron chi connectivity index (χ1n) is 9.47. The average Bonchev–Trinajstić information content (AvgIpc) is 3.23. The zero-order valence-electron chi connectivity index (χ0n) is 15.0. The number of hydrogen-bond donors (Lipinski definition) is 0. The Labute approximate surface area is 168 Å². The first-order chi connectivity index (χ1) is 13.2. The molecule has 1 fully saturated rings. The van der Waals surface area contributed by atoms with E-state index in [1.165, 1.54) is 35.3 Å². The van der Waals surface area contributed by atoms with Gasteiger partial charge in [-0.3, -0.25) is 4.79 Å². The lowest BCUT2D eigenvalue weighted by Gasteiger charge is -2.24. The molecule has 5 heteroatoms.